The Bertz CT molecular complexity index is 411. The molecule has 88 valence electrons. The van der Waals surface area contributed by atoms with Gasteiger partial charge in [-0.1, -0.05) is 0 Å². The van der Waals surface area contributed by atoms with Gasteiger partial charge in [0.25, 0.3) is 0 Å². The van der Waals surface area contributed by atoms with Crippen LogP contribution in [0.4, 0.5) is 4.39 Å². The Labute approximate surface area is 100 Å². The Kier molecular flexibility index (Phi) is 4.26. The summed E-state index contributed by atoms with van der Waals surface area (Å²) < 4.78 is 18.6. The summed E-state index contributed by atoms with van der Waals surface area (Å²) in [5.74, 6) is -2.35. The van der Waals surface area contributed by atoms with E-state index in [-0.39, 0.29) is 12.1 Å². The number of aliphatic carboxylic acids is 1. The van der Waals surface area contributed by atoms with Gasteiger partial charge in [0.2, 0.25) is 0 Å². The minimum absolute atomic E-state index is 0.123. The van der Waals surface area contributed by atoms with E-state index in [1.165, 1.54) is 13.2 Å². The van der Waals surface area contributed by atoms with Crippen molar-refractivity contribution in [2.24, 2.45) is 5.73 Å². The van der Waals surface area contributed by atoms with Crippen LogP contribution in [0.5, 0.6) is 5.75 Å². The van der Waals surface area contributed by atoms with E-state index in [1.54, 1.807) is 0 Å². The van der Waals surface area contributed by atoms with Gasteiger partial charge in [0, 0.05) is 12.1 Å². The summed E-state index contributed by atoms with van der Waals surface area (Å²) in [6.45, 7) is -0.123. The second kappa shape index (κ2) is 5.27. The summed E-state index contributed by atoms with van der Waals surface area (Å²) >= 11 is 3.11. The number of halogens is 2. The molecule has 0 aliphatic carbocycles. The SMILES string of the molecule is COc1c(Br)cc(F)cc1C(CN)C(=O)O. The number of ether oxygens (including phenoxy) is 1. The van der Waals surface area contributed by atoms with E-state index in [2.05, 4.69) is 15.9 Å². The maximum absolute atomic E-state index is 13.2. The first-order chi connectivity index (χ1) is 7.51. The monoisotopic (exact) mass is 291 g/mol. The van der Waals surface area contributed by atoms with Crippen molar-refractivity contribution in [3.8, 4) is 5.75 Å². The molecule has 1 aromatic rings. The van der Waals surface area contributed by atoms with Gasteiger partial charge < -0.3 is 15.6 Å². The minimum atomic E-state index is -1.11. The molecule has 0 bridgehead atoms. The molecular formula is C10H11BrFNO3. The Balaban J connectivity index is 3.34. The molecule has 1 aromatic carbocycles. The third-order valence-electron chi connectivity index (χ3n) is 2.15. The van der Waals surface area contributed by atoms with E-state index in [9.17, 15) is 9.18 Å². The van der Waals surface area contributed by atoms with Gasteiger partial charge in [-0.2, -0.15) is 0 Å². The lowest BCUT2D eigenvalue weighted by Gasteiger charge is -2.15. The summed E-state index contributed by atoms with van der Waals surface area (Å²) in [5.41, 5.74) is 5.58. The number of carbonyl (C=O) groups is 1. The fourth-order valence-corrected chi connectivity index (χ4v) is 2.02. The number of nitrogens with two attached hydrogens (primary N) is 1. The van der Waals surface area contributed by atoms with Gasteiger partial charge >= 0.3 is 5.97 Å². The predicted octanol–water partition coefficient (Wildman–Crippen LogP) is 1.72. The van der Waals surface area contributed by atoms with Crippen LogP contribution in [0.1, 0.15) is 11.5 Å². The Morgan fingerprint density at radius 1 is 1.69 bits per heavy atom. The Hall–Kier alpha value is -1.14. The van der Waals surface area contributed by atoms with Crippen molar-refractivity contribution in [3.05, 3.63) is 28.0 Å². The molecule has 3 N–H and O–H groups in total. The lowest BCUT2D eigenvalue weighted by Crippen LogP contribution is -2.22. The second-order valence-electron chi connectivity index (χ2n) is 3.14. The number of benzene rings is 1. The van der Waals surface area contributed by atoms with E-state index in [4.69, 9.17) is 15.6 Å². The molecule has 0 amide bonds. The highest BCUT2D eigenvalue weighted by Gasteiger charge is 2.24. The number of methoxy groups -OCH3 is 1. The van der Waals surface area contributed by atoms with Gasteiger partial charge in [-0.05, 0) is 28.1 Å². The van der Waals surface area contributed by atoms with Crippen molar-refractivity contribution < 1.29 is 19.0 Å². The van der Waals surface area contributed by atoms with Crippen molar-refractivity contribution in [1.82, 2.24) is 0 Å². The van der Waals surface area contributed by atoms with E-state index in [0.29, 0.717) is 10.2 Å². The van der Waals surface area contributed by atoms with E-state index in [1.807, 2.05) is 0 Å². The quantitative estimate of drug-likeness (QED) is 0.886. The van der Waals surface area contributed by atoms with Crippen molar-refractivity contribution in [3.63, 3.8) is 0 Å². The molecule has 0 fully saturated rings. The minimum Gasteiger partial charge on any atom is -0.495 e. The topological polar surface area (TPSA) is 72.5 Å². The third-order valence-corrected chi connectivity index (χ3v) is 2.74. The van der Waals surface area contributed by atoms with Crippen LogP contribution < -0.4 is 10.5 Å². The molecule has 0 radical (unpaired) electrons. The van der Waals surface area contributed by atoms with Gasteiger partial charge in [-0.25, -0.2) is 4.39 Å². The first kappa shape index (κ1) is 12.9. The predicted molar refractivity (Wildman–Crippen MR) is 60.1 cm³/mol. The molecule has 1 atom stereocenters. The summed E-state index contributed by atoms with van der Waals surface area (Å²) in [6, 6.07) is 2.33. The third kappa shape index (κ3) is 2.51. The smallest absolute Gasteiger partial charge is 0.312 e. The summed E-state index contributed by atoms with van der Waals surface area (Å²) in [6.07, 6.45) is 0. The molecule has 0 spiro atoms. The van der Waals surface area contributed by atoms with Crippen LogP contribution in [0.2, 0.25) is 0 Å². The zero-order chi connectivity index (χ0) is 12.3. The largest absolute Gasteiger partial charge is 0.495 e. The van der Waals surface area contributed by atoms with E-state index in [0.717, 1.165) is 6.07 Å². The average Bonchev–Trinajstić information content (AvgIpc) is 2.17. The number of carboxylic acids is 1. The number of hydrogen-bond donors (Lipinski definition) is 2. The van der Waals surface area contributed by atoms with Crippen LogP contribution in [0.15, 0.2) is 16.6 Å². The maximum Gasteiger partial charge on any atom is 0.312 e. The summed E-state index contributed by atoms with van der Waals surface area (Å²) in [5, 5.41) is 8.96. The standard InChI is InChI=1S/C10H11BrFNO3/c1-16-9-6(7(4-13)10(14)15)2-5(12)3-8(9)11/h2-3,7H,4,13H2,1H3,(H,14,15). The Morgan fingerprint density at radius 3 is 2.75 bits per heavy atom. The molecule has 0 aliphatic rings. The van der Waals surface area contributed by atoms with Crippen LogP contribution in [0, 0.1) is 5.82 Å². The highest BCUT2D eigenvalue weighted by atomic mass is 79.9. The van der Waals surface area contributed by atoms with Crippen molar-refractivity contribution in [1.29, 1.82) is 0 Å². The molecular weight excluding hydrogens is 281 g/mol. The molecule has 0 aromatic heterocycles. The lowest BCUT2D eigenvalue weighted by molar-refractivity contribution is -0.138. The van der Waals surface area contributed by atoms with Gasteiger partial charge in [0.05, 0.1) is 17.5 Å². The zero-order valence-corrected chi connectivity index (χ0v) is 10.1. The van der Waals surface area contributed by atoms with Crippen LogP contribution in [0.25, 0.3) is 0 Å². The Morgan fingerprint density at radius 2 is 2.31 bits per heavy atom. The number of hydrogen-bond acceptors (Lipinski definition) is 3. The first-order valence-electron chi connectivity index (χ1n) is 4.47. The van der Waals surface area contributed by atoms with Crippen molar-refractivity contribution in [2.75, 3.05) is 13.7 Å². The molecule has 0 saturated heterocycles. The molecule has 1 rings (SSSR count). The molecule has 0 saturated carbocycles. The average molecular weight is 292 g/mol. The molecule has 1 unspecified atom stereocenters. The van der Waals surface area contributed by atoms with Gasteiger partial charge in [-0.15, -0.1) is 0 Å². The number of carboxylic acid groups (broad SMARTS) is 1. The zero-order valence-electron chi connectivity index (χ0n) is 8.54. The number of rotatable bonds is 4. The fourth-order valence-electron chi connectivity index (χ4n) is 1.42. The van der Waals surface area contributed by atoms with Crippen LogP contribution >= 0.6 is 15.9 Å². The highest BCUT2D eigenvalue weighted by Crippen LogP contribution is 2.34. The lowest BCUT2D eigenvalue weighted by atomic mass is 9.98. The molecule has 0 heterocycles. The van der Waals surface area contributed by atoms with Crippen LogP contribution in [-0.4, -0.2) is 24.7 Å². The van der Waals surface area contributed by atoms with Gasteiger partial charge in [0.1, 0.15) is 11.6 Å². The maximum atomic E-state index is 13.2. The van der Waals surface area contributed by atoms with Gasteiger partial charge in [0.15, 0.2) is 0 Å². The normalized spacial score (nSPS) is 12.2. The second-order valence-corrected chi connectivity index (χ2v) is 3.99. The summed E-state index contributed by atoms with van der Waals surface area (Å²) in [4.78, 5) is 10.9. The molecule has 0 aliphatic heterocycles. The molecule has 6 heteroatoms. The van der Waals surface area contributed by atoms with Crippen LogP contribution in [-0.2, 0) is 4.79 Å². The summed E-state index contributed by atoms with van der Waals surface area (Å²) in [7, 11) is 1.39. The van der Waals surface area contributed by atoms with E-state index < -0.39 is 17.7 Å². The molecule has 16 heavy (non-hydrogen) atoms. The van der Waals surface area contributed by atoms with Gasteiger partial charge in [-0.3, -0.25) is 4.79 Å². The van der Waals surface area contributed by atoms with Crippen LogP contribution in [0.3, 0.4) is 0 Å². The fraction of sp³-hybridized carbons (Fsp3) is 0.300. The first-order valence-corrected chi connectivity index (χ1v) is 5.26. The highest BCUT2D eigenvalue weighted by molar-refractivity contribution is 9.10. The van der Waals surface area contributed by atoms with E-state index >= 15 is 0 Å². The molecule has 4 nitrogen and oxygen atoms in total. The van der Waals surface area contributed by atoms with Crippen molar-refractivity contribution >= 4 is 21.9 Å². The van der Waals surface area contributed by atoms with Crippen molar-refractivity contribution in [2.45, 2.75) is 5.92 Å².